The number of benzene rings is 2. The van der Waals surface area contributed by atoms with Gasteiger partial charge in [-0.15, -0.1) is 0 Å². The Balaban J connectivity index is 0.000000201. The van der Waals surface area contributed by atoms with Crippen LogP contribution in [0.15, 0.2) is 67.0 Å². The van der Waals surface area contributed by atoms with Crippen molar-refractivity contribution in [1.82, 2.24) is 0 Å². The number of unbranched alkanes of at least 4 members (excludes halogenated alkanes) is 4. The summed E-state index contributed by atoms with van der Waals surface area (Å²) in [5, 5.41) is 11.6. The Morgan fingerprint density at radius 1 is 0.722 bits per heavy atom. The minimum absolute atomic E-state index is 0.307. The molecule has 2 aromatic carbocycles. The number of halogens is 2. The minimum Gasteiger partial charge on any atom is -0.423 e. The fourth-order valence-corrected chi connectivity index (χ4v) is 4.31. The first-order chi connectivity index (χ1) is 17.4. The van der Waals surface area contributed by atoms with Gasteiger partial charge in [-0.1, -0.05) is 29.6 Å². The Labute approximate surface area is 219 Å². The van der Waals surface area contributed by atoms with Gasteiger partial charge in [-0.2, -0.15) is 5.26 Å². The Kier molecular flexibility index (Phi) is 10.6. The first-order valence-electron chi connectivity index (χ1n) is 11.9. The second-order valence-corrected chi connectivity index (χ2v) is 9.30. The maximum Gasteiger partial charge on any atom is 0.336 e. The lowest BCUT2D eigenvalue weighted by Crippen LogP contribution is -2.02. The van der Waals surface area contributed by atoms with E-state index in [0.29, 0.717) is 34.2 Å². The van der Waals surface area contributed by atoms with E-state index < -0.39 is 0 Å². The maximum atomic E-state index is 11.5. The molecule has 6 nitrogen and oxygen atoms in total. The SMILES string of the molecule is N#CCCCCc1cc(=O)oc2ccc(Cl)cc12.NCCCCCc1cc(=O)oc2ccc(Cl)cc12. The number of nitriles is 1. The van der Waals surface area contributed by atoms with Crippen LogP contribution in [0.1, 0.15) is 49.7 Å². The molecule has 0 unspecified atom stereocenters. The van der Waals surface area contributed by atoms with Crippen LogP contribution in [-0.4, -0.2) is 6.54 Å². The lowest BCUT2D eigenvalue weighted by atomic mass is 10.0. The van der Waals surface area contributed by atoms with E-state index in [9.17, 15) is 9.59 Å². The van der Waals surface area contributed by atoms with Crippen molar-refractivity contribution in [3.05, 3.63) is 90.5 Å². The molecule has 8 heteroatoms. The molecular formula is C28H28Cl2N2O4. The highest BCUT2D eigenvalue weighted by molar-refractivity contribution is 6.31. The Morgan fingerprint density at radius 3 is 1.69 bits per heavy atom. The summed E-state index contributed by atoms with van der Waals surface area (Å²) in [5.41, 5.74) is 7.89. The molecule has 0 bridgehead atoms. The third kappa shape index (κ3) is 7.96. The van der Waals surface area contributed by atoms with Crippen molar-refractivity contribution in [1.29, 1.82) is 5.26 Å². The zero-order valence-electron chi connectivity index (χ0n) is 19.9. The summed E-state index contributed by atoms with van der Waals surface area (Å²) in [6.07, 6.45) is 6.95. The number of aryl methyl sites for hydroxylation is 2. The Hall–Kier alpha value is -3.11. The van der Waals surface area contributed by atoms with Crippen LogP contribution in [0.3, 0.4) is 0 Å². The summed E-state index contributed by atoms with van der Waals surface area (Å²) in [4.78, 5) is 22.9. The van der Waals surface area contributed by atoms with Crippen LogP contribution in [0.4, 0.5) is 0 Å². The van der Waals surface area contributed by atoms with Crippen LogP contribution in [-0.2, 0) is 12.8 Å². The van der Waals surface area contributed by atoms with E-state index in [1.54, 1.807) is 36.4 Å². The van der Waals surface area contributed by atoms with E-state index in [2.05, 4.69) is 6.07 Å². The molecule has 4 aromatic rings. The van der Waals surface area contributed by atoms with Crippen molar-refractivity contribution < 1.29 is 8.83 Å². The van der Waals surface area contributed by atoms with Gasteiger partial charge in [0.25, 0.3) is 0 Å². The Bertz CT molecular complexity index is 1470. The maximum absolute atomic E-state index is 11.5. The summed E-state index contributed by atoms with van der Waals surface area (Å²) in [5.74, 6) is 0. The summed E-state index contributed by atoms with van der Waals surface area (Å²) in [6, 6.07) is 15.7. The molecule has 0 saturated heterocycles. The zero-order valence-corrected chi connectivity index (χ0v) is 21.4. The van der Waals surface area contributed by atoms with Gasteiger partial charge in [0, 0.05) is 39.4 Å². The molecule has 2 heterocycles. The number of fused-ring (bicyclic) bond motifs is 2. The topological polar surface area (TPSA) is 110 Å². The van der Waals surface area contributed by atoms with Gasteiger partial charge in [-0.25, -0.2) is 9.59 Å². The number of hydrogen-bond donors (Lipinski definition) is 1. The largest absolute Gasteiger partial charge is 0.423 e. The number of rotatable bonds is 9. The molecule has 2 aromatic heterocycles. The third-order valence-electron chi connectivity index (χ3n) is 5.72. The van der Waals surface area contributed by atoms with E-state index in [1.807, 2.05) is 6.07 Å². The highest BCUT2D eigenvalue weighted by atomic mass is 35.5. The van der Waals surface area contributed by atoms with Gasteiger partial charge in [0.05, 0.1) is 6.07 Å². The molecule has 2 N–H and O–H groups in total. The molecule has 188 valence electrons. The smallest absolute Gasteiger partial charge is 0.336 e. The zero-order chi connectivity index (χ0) is 25.9. The lowest BCUT2D eigenvalue weighted by molar-refractivity contribution is 0.557. The minimum atomic E-state index is -0.347. The molecule has 0 saturated carbocycles. The van der Waals surface area contributed by atoms with Crippen molar-refractivity contribution in [2.24, 2.45) is 5.73 Å². The normalized spacial score (nSPS) is 10.7. The fraction of sp³-hybridized carbons (Fsp3) is 0.321. The molecule has 4 rings (SSSR count). The highest BCUT2D eigenvalue weighted by Gasteiger charge is 2.07. The standard InChI is InChI=1S/C14H16ClNO2.C14H12ClNO2/c2*15-11-5-6-13-12(9-11)10(8-14(17)18-13)4-2-1-3-7-16/h5-6,8-9H,1-4,7,16H2;5-6,8-9H,1-4H2. The van der Waals surface area contributed by atoms with Gasteiger partial charge in [0.1, 0.15) is 11.2 Å². The van der Waals surface area contributed by atoms with Gasteiger partial charge < -0.3 is 14.6 Å². The molecule has 0 aliphatic heterocycles. The summed E-state index contributed by atoms with van der Waals surface area (Å²) >= 11 is 11.9. The highest BCUT2D eigenvalue weighted by Crippen LogP contribution is 2.24. The molecule has 0 atom stereocenters. The van der Waals surface area contributed by atoms with Crippen LogP contribution in [0.2, 0.25) is 10.0 Å². The van der Waals surface area contributed by atoms with Crippen LogP contribution < -0.4 is 17.0 Å². The molecule has 0 amide bonds. The fourth-order valence-electron chi connectivity index (χ4n) is 3.97. The van der Waals surface area contributed by atoms with Crippen molar-refractivity contribution >= 4 is 45.1 Å². The first-order valence-corrected chi connectivity index (χ1v) is 12.7. The third-order valence-corrected chi connectivity index (χ3v) is 6.19. The van der Waals surface area contributed by atoms with Crippen LogP contribution in [0.5, 0.6) is 0 Å². The van der Waals surface area contributed by atoms with Crippen molar-refractivity contribution in [3.63, 3.8) is 0 Å². The predicted molar refractivity (Wildman–Crippen MR) is 145 cm³/mol. The van der Waals surface area contributed by atoms with Crippen molar-refractivity contribution in [2.75, 3.05) is 6.54 Å². The molecule has 0 fully saturated rings. The van der Waals surface area contributed by atoms with E-state index >= 15 is 0 Å². The second-order valence-electron chi connectivity index (χ2n) is 8.43. The monoisotopic (exact) mass is 526 g/mol. The molecule has 0 radical (unpaired) electrons. The quantitative estimate of drug-likeness (QED) is 0.189. The Morgan fingerprint density at radius 2 is 1.22 bits per heavy atom. The second kappa shape index (κ2) is 13.8. The van der Waals surface area contributed by atoms with Gasteiger partial charge in [0.2, 0.25) is 0 Å². The van der Waals surface area contributed by atoms with Gasteiger partial charge in [-0.3, -0.25) is 0 Å². The van der Waals surface area contributed by atoms with E-state index in [-0.39, 0.29) is 11.3 Å². The van der Waals surface area contributed by atoms with Gasteiger partial charge in [0.15, 0.2) is 0 Å². The average Bonchev–Trinajstić information content (AvgIpc) is 2.85. The van der Waals surface area contributed by atoms with Gasteiger partial charge in [-0.05, 0) is 92.6 Å². The molecule has 36 heavy (non-hydrogen) atoms. The summed E-state index contributed by atoms with van der Waals surface area (Å²) in [7, 11) is 0. The van der Waals surface area contributed by atoms with Gasteiger partial charge >= 0.3 is 11.3 Å². The van der Waals surface area contributed by atoms with E-state index in [1.165, 1.54) is 6.07 Å². The average molecular weight is 527 g/mol. The van der Waals surface area contributed by atoms with Crippen molar-refractivity contribution in [3.8, 4) is 6.07 Å². The number of nitrogens with zero attached hydrogens (tertiary/aromatic N) is 1. The number of nitrogens with two attached hydrogens (primary N) is 1. The summed E-state index contributed by atoms with van der Waals surface area (Å²) < 4.78 is 10.3. The lowest BCUT2D eigenvalue weighted by Gasteiger charge is -2.05. The van der Waals surface area contributed by atoms with Crippen LogP contribution >= 0.6 is 23.2 Å². The number of hydrogen-bond acceptors (Lipinski definition) is 6. The molecule has 0 aliphatic rings. The van der Waals surface area contributed by atoms with E-state index in [0.717, 1.165) is 66.8 Å². The summed E-state index contributed by atoms with van der Waals surface area (Å²) in [6.45, 7) is 0.712. The molecular weight excluding hydrogens is 499 g/mol. The van der Waals surface area contributed by atoms with Crippen LogP contribution in [0, 0.1) is 11.3 Å². The molecule has 0 spiro atoms. The van der Waals surface area contributed by atoms with Crippen LogP contribution in [0.25, 0.3) is 21.9 Å². The molecule has 0 aliphatic carbocycles. The van der Waals surface area contributed by atoms with Crippen molar-refractivity contribution in [2.45, 2.75) is 51.4 Å². The predicted octanol–water partition coefficient (Wildman–Crippen LogP) is 6.80. The van der Waals surface area contributed by atoms with E-state index in [4.69, 9.17) is 43.0 Å². The first kappa shape index (κ1) is 27.5.